The molecule has 0 radical (unpaired) electrons. The molecule has 2 aromatic rings. The van der Waals surface area contributed by atoms with Gasteiger partial charge in [-0.15, -0.1) is 0 Å². The van der Waals surface area contributed by atoms with E-state index in [1.165, 1.54) is 0 Å². The van der Waals surface area contributed by atoms with Gasteiger partial charge in [0.2, 0.25) is 6.79 Å². The van der Waals surface area contributed by atoms with Crippen molar-refractivity contribution in [2.45, 2.75) is 6.92 Å². The number of nitriles is 1. The Kier molecular flexibility index (Phi) is 4.54. The van der Waals surface area contributed by atoms with Gasteiger partial charge in [-0.25, -0.2) is 0 Å². The number of allylic oxidation sites excluding steroid dienone is 1. The summed E-state index contributed by atoms with van der Waals surface area (Å²) < 4.78 is 17.4. The fourth-order valence-corrected chi connectivity index (χ4v) is 2.56. The molecule has 0 unspecified atom stereocenters. The summed E-state index contributed by atoms with van der Waals surface area (Å²) in [6.45, 7) is 2.64. The molecule has 0 fully saturated rings. The van der Waals surface area contributed by atoms with Crippen molar-refractivity contribution < 1.29 is 14.2 Å². The lowest BCUT2D eigenvalue weighted by Crippen LogP contribution is -1.94. The minimum Gasteiger partial charge on any atom is -0.493 e. The third kappa shape index (κ3) is 3.33. The molecular weight excluding hydrogens is 358 g/mol. The van der Waals surface area contributed by atoms with Crippen LogP contribution in [0.4, 0.5) is 0 Å². The van der Waals surface area contributed by atoms with Gasteiger partial charge in [-0.2, -0.15) is 5.26 Å². The number of rotatable bonds is 4. The minimum atomic E-state index is 0.200. The van der Waals surface area contributed by atoms with Crippen molar-refractivity contribution in [3.8, 4) is 23.3 Å². The summed E-state index contributed by atoms with van der Waals surface area (Å²) in [5, 5.41) is 9.50. The first kappa shape index (κ1) is 15.4. The van der Waals surface area contributed by atoms with Crippen LogP contribution in [0.2, 0.25) is 0 Å². The highest BCUT2D eigenvalue weighted by Gasteiger charge is 2.17. The zero-order valence-electron chi connectivity index (χ0n) is 12.5. The van der Waals surface area contributed by atoms with Gasteiger partial charge in [0.05, 0.1) is 18.2 Å². The van der Waals surface area contributed by atoms with E-state index in [1.807, 2.05) is 37.3 Å². The van der Waals surface area contributed by atoms with Crippen molar-refractivity contribution in [3.05, 3.63) is 52.0 Å². The Hall–Kier alpha value is -2.45. The Bertz CT molecular complexity index is 791. The molecule has 0 aromatic heterocycles. The third-order valence-electron chi connectivity index (χ3n) is 3.38. The molecule has 23 heavy (non-hydrogen) atoms. The smallest absolute Gasteiger partial charge is 0.231 e. The fraction of sp³-hybridized carbons (Fsp3) is 0.167. The molecule has 5 heteroatoms. The van der Waals surface area contributed by atoms with Crippen LogP contribution < -0.4 is 14.2 Å². The molecule has 1 heterocycles. The van der Waals surface area contributed by atoms with Gasteiger partial charge in [-0.3, -0.25) is 0 Å². The average molecular weight is 372 g/mol. The zero-order chi connectivity index (χ0) is 16.2. The summed E-state index contributed by atoms with van der Waals surface area (Å²) >= 11 is 3.40. The van der Waals surface area contributed by atoms with E-state index in [9.17, 15) is 5.26 Å². The van der Waals surface area contributed by atoms with Crippen LogP contribution in [0.3, 0.4) is 0 Å². The van der Waals surface area contributed by atoms with Gasteiger partial charge in [0.1, 0.15) is 5.75 Å². The lowest BCUT2D eigenvalue weighted by molar-refractivity contribution is 0.174. The first-order valence-corrected chi connectivity index (χ1v) is 7.94. The van der Waals surface area contributed by atoms with Crippen molar-refractivity contribution in [1.29, 1.82) is 5.26 Å². The van der Waals surface area contributed by atoms with Crippen molar-refractivity contribution in [2.24, 2.45) is 0 Å². The number of ether oxygens (including phenoxy) is 3. The molecule has 116 valence electrons. The number of hydrogen-bond acceptors (Lipinski definition) is 4. The molecule has 0 atom stereocenters. The molecule has 3 rings (SSSR count). The van der Waals surface area contributed by atoms with E-state index in [1.54, 1.807) is 12.1 Å². The van der Waals surface area contributed by atoms with Gasteiger partial charge in [0.15, 0.2) is 11.5 Å². The van der Waals surface area contributed by atoms with Crippen molar-refractivity contribution >= 4 is 27.6 Å². The second-order valence-electron chi connectivity index (χ2n) is 4.85. The second kappa shape index (κ2) is 6.76. The monoisotopic (exact) mass is 371 g/mol. The van der Waals surface area contributed by atoms with Gasteiger partial charge in [-0.1, -0.05) is 28.1 Å². The predicted molar refractivity (Wildman–Crippen MR) is 91.4 cm³/mol. The van der Waals surface area contributed by atoms with Crippen LogP contribution in [0.15, 0.2) is 40.9 Å². The maximum Gasteiger partial charge on any atom is 0.231 e. The van der Waals surface area contributed by atoms with Crippen molar-refractivity contribution in [2.75, 3.05) is 13.4 Å². The van der Waals surface area contributed by atoms with E-state index in [2.05, 4.69) is 22.0 Å². The second-order valence-corrected chi connectivity index (χ2v) is 5.77. The van der Waals surface area contributed by atoms with Gasteiger partial charge < -0.3 is 14.2 Å². The number of hydrogen-bond donors (Lipinski definition) is 0. The number of benzene rings is 2. The molecule has 0 bridgehead atoms. The van der Waals surface area contributed by atoms with Crippen LogP contribution in [-0.4, -0.2) is 13.4 Å². The highest BCUT2D eigenvalue weighted by Crippen LogP contribution is 2.39. The Morgan fingerprint density at radius 2 is 1.96 bits per heavy atom. The first-order chi connectivity index (χ1) is 11.2. The topological polar surface area (TPSA) is 51.5 Å². The van der Waals surface area contributed by atoms with E-state index in [4.69, 9.17) is 14.2 Å². The van der Waals surface area contributed by atoms with Crippen LogP contribution in [0, 0.1) is 11.3 Å². The summed E-state index contributed by atoms with van der Waals surface area (Å²) in [5.74, 6) is 1.99. The molecule has 1 aliphatic rings. The summed E-state index contributed by atoms with van der Waals surface area (Å²) in [7, 11) is 0. The molecule has 0 N–H and O–H groups in total. The Morgan fingerprint density at radius 3 is 2.61 bits per heavy atom. The quantitative estimate of drug-likeness (QED) is 0.580. The highest BCUT2D eigenvalue weighted by molar-refractivity contribution is 9.10. The van der Waals surface area contributed by atoms with E-state index < -0.39 is 0 Å². The van der Waals surface area contributed by atoms with Gasteiger partial charge in [-0.05, 0) is 36.8 Å². The fourth-order valence-electron chi connectivity index (χ4n) is 2.30. The highest BCUT2D eigenvalue weighted by atomic mass is 79.9. The van der Waals surface area contributed by atoms with Gasteiger partial charge in [0, 0.05) is 16.1 Å². The standard InChI is InChI=1S/C18H14BrNO3/c1-2-21-16-9-18-17(22-11-23-18)8-13(16)7-14(10-20)12-3-5-15(19)6-4-12/h3-9H,2,11H2,1H3/b14-7+. The third-order valence-corrected chi connectivity index (χ3v) is 3.91. The molecule has 2 aromatic carbocycles. The van der Waals surface area contributed by atoms with E-state index in [0.29, 0.717) is 29.4 Å². The lowest BCUT2D eigenvalue weighted by Gasteiger charge is -2.09. The number of fused-ring (bicyclic) bond motifs is 1. The maximum absolute atomic E-state index is 9.50. The normalized spacial score (nSPS) is 12.8. The maximum atomic E-state index is 9.50. The molecular formula is C18H14BrNO3. The lowest BCUT2D eigenvalue weighted by atomic mass is 10.0. The van der Waals surface area contributed by atoms with Crippen LogP contribution in [0.5, 0.6) is 17.2 Å². The van der Waals surface area contributed by atoms with Gasteiger partial charge in [0.25, 0.3) is 0 Å². The van der Waals surface area contributed by atoms with Crippen LogP contribution in [0.25, 0.3) is 11.6 Å². The molecule has 0 spiro atoms. The summed E-state index contributed by atoms with van der Waals surface area (Å²) in [6, 6.07) is 13.5. The zero-order valence-corrected chi connectivity index (χ0v) is 14.1. The Morgan fingerprint density at radius 1 is 1.26 bits per heavy atom. The average Bonchev–Trinajstić information content (AvgIpc) is 3.01. The van der Waals surface area contributed by atoms with Crippen molar-refractivity contribution in [3.63, 3.8) is 0 Å². The summed E-state index contributed by atoms with van der Waals surface area (Å²) in [4.78, 5) is 0. The summed E-state index contributed by atoms with van der Waals surface area (Å²) in [5.41, 5.74) is 2.18. The van der Waals surface area contributed by atoms with E-state index >= 15 is 0 Å². The Labute approximate surface area is 143 Å². The molecule has 0 amide bonds. The van der Waals surface area contributed by atoms with E-state index in [-0.39, 0.29) is 6.79 Å². The van der Waals surface area contributed by atoms with Crippen LogP contribution >= 0.6 is 15.9 Å². The van der Waals surface area contributed by atoms with Crippen LogP contribution in [0.1, 0.15) is 18.1 Å². The Balaban J connectivity index is 2.05. The molecule has 1 aliphatic heterocycles. The minimum absolute atomic E-state index is 0.200. The number of halogens is 1. The predicted octanol–water partition coefficient (Wildman–Crippen LogP) is 4.64. The van der Waals surface area contributed by atoms with Crippen molar-refractivity contribution in [1.82, 2.24) is 0 Å². The number of nitrogens with zero attached hydrogens (tertiary/aromatic N) is 1. The molecule has 0 aliphatic carbocycles. The van der Waals surface area contributed by atoms with Crippen LogP contribution in [-0.2, 0) is 0 Å². The molecule has 0 saturated heterocycles. The molecule has 4 nitrogen and oxygen atoms in total. The SMILES string of the molecule is CCOc1cc2c(cc1/C=C(\C#N)c1ccc(Br)cc1)OCO2. The van der Waals surface area contributed by atoms with E-state index in [0.717, 1.165) is 15.6 Å². The summed E-state index contributed by atoms with van der Waals surface area (Å²) in [6.07, 6.45) is 1.80. The van der Waals surface area contributed by atoms with Gasteiger partial charge >= 0.3 is 0 Å². The largest absolute Gasteiger partial charge is 0.493 e. The first-order valence-electron chi connectivity index (χ1n) is 7.15. The molecule has 0 saturated carbocycles.